The summed E-state index contributed by atoms with van der Waals surface area (Å²) >= 11 is 0. The van der Waals surface area contributed by atoms with Crippen molar-refractivity contribution in [2.24, 2.45) is 0 Å². The number of aromatic amines is 1. The van der Waals surface area contributed by atoms with E-state index in [4.69, 9.17) is 9.47 Å². The van der Waals surface area contributed by atoms with E-state index >= 15 is 0 Å². The highest BCUT2D eigenvalue weighted by Gasteiger charge is 2.10. The summed E-state index contributed by atoms with van der Waals surface area (Å²) in [4.78, 5) is 20.4. The molecule has 134 valence electrons. The topological polar surface area (TPSA) is 114 Å². The molecule has 9 heteroatoms. The molecule has 2 amide bonds. The van der Waals surface area contributed by atoms with Gasteiger partial charge in [0, 0.05) is 24.0 Å². The van der Waals surface area contributed by atoms with Crippen LogP contribution < -0.4 is 20.1 Å². The van der Waals surface area contributed by atoms with Gasteiger partial charge in [-0.2, -0.15) is 5.10 Å². The van der Waals surface area contributed by atoms with Crippen molar-refractivity contribution in [1.29, 1.82) is 0 Å². The normalized spacial score (nSPS) is 10.2. The summed E-state index contributed by atoms with van der Waals surface area (Å²) in [6.45, 7) is 0.197. The Bertz CT molecular complexity index is 881. The maximum absolute atomic E-state index is 12.1. The van der Waals surface area contributed by atoms with E-state index in [9.17, 15) is 4.79 Å². The summed E-state index contributed by atoms with van der Waals surface area (Å²) in [6, 6.07) is 8.34. The van der Waals surface area contributed by atoms with E-state index < -0.39 is 6.03 Å². The van der Waals surface area contributed by atoms with Crippen molar-refractivity contribution in [3.8, 4) is 22.9 Å². The van der Waals surface area contributed by atoms with E-state index in [1.165, 1.54) is 7.11 Å². The average molecular weight is 354 g/mol. The number of ether oxygens (including phenoxy) is 2. The number of nitrogens with one attached hydrogen (secondary N) is 3. The van der Waals surface area contributed by atoms with Gasteiger partial charge in [0.1, 0.15) is 17.3 Å². The second kappa shape index (κ2) is 7.97. The Labute approximate surface area is 149 Å². The largest absolute Gasteiger partial charge is 0.497 e. The van der Waals surface area contributed by atoms with E-state index in [-0.39, 0.29) is 6.54 Å². The number of hydrogen-bond donors (Lipinski definition) is 3. The van der Waals surface area contributed by atoms with Crippen molar-refractivity contribution in [3.05, 3.63) is 48.5 Å². The quantitative estimate of drug-likeness (QED) is 0.625. The van der Waals surface area contributed by atoms with Crippen LogP contribution in [0.3, 0.4) is 0 Å². The molecule has 26 heavy (non-hydrogen) atoms. The molecule has 0 spiro atoms. The van der Waals surface area contributed by atoms with Gasteiger partial charge >= 0.3 is 6.03 Å². The summed E-state index contributed by atoms with van der Waals surface area (Å²) in [5.74, 6) is 2.22. The predicted molar refractivity (Wildman–Crippen MR) is 95.0 cm³/mol. The fourth-order valence-electron chi connectivity index (χ4n) is 2.24. The first-order valence-corrected chi connectivity index (χ1v) is 7.78. The lowest BCUT2D eigenvalue weighted by atomic mass is 10.2. The van der Waals surface area contributed by atoms with Crippen molar-refractivity contribution < 1.29 is 14.3 Å². The maximum Gasteiger partial charge on any atom is 0.319 e. The fraction of sp³-hybridized carbons (Fsp3) is 0.176. The van der Waals surface area contributed by atoms with Crippen molar-refractivity contribution in [2.75, 3.05) is 19.5 Å². The first-order chi connectivity index (χ1) is 12.7. The second-order valence-electron chi connectivity index (χ2n) is 5.22. The molecule has 0 bridgehead atoms. The Morgan fingerprint density at radius 1 is 1.15 bits per heavy atom. The summed E-state index contributed by atoms with van der Waals surface area (Å²) in [6.07, 6.45) is 3.33. The van der Waals surface area contributed by atoms with E-state index in [0.29, 0.717) is 28.8 Å². The van der Waals surface area contributed by atoms with Gasteiger partial charge in [-0.15, -0.1) is 0 Å². The Balaban J connectivity index is 1.59. The molecular weight excluding hydrogens is 336 g/mol. The van der Waals surface area contributed by atoms with Crippen LogP contribution in [0.25, 0.3) is 11.4 Å². The number of hydrogen-bond acceptors (Lipinski definition) is 6. The van der Waals surface area contributed by atoms with Gasteiger partial charge in [-0.1, -0.05) is 0 Å². The van der Waals surface area contributed by atoms with E-state index in [1.807, 2.05) is 12.1 Å². The molecule has 0 fully saturated rings. The number of rotatable bonds is 6. The lowest BCUT2D eigenvalue weighted by Crippen LogP contribution is -2.28. The minimum Gasteiger partial charge on any atom is -0.497 e. The molecule has 3 aromatic rings. The van der Waals surface area contributed by atoms with Crippen LogP contribution in [-0.2, 0) is 6.54 Å². The number of benzene rings is 1. The van der Waals surface area contributed by atoms with Crippen LogP contribution in [0.2, 0.25) is 0 Å². The van der Waals surface area contributed by atoms with Crippen molar-refractivity contribution in [3.63, 3.8) is 0 Å². The number of anilines is 1. The summed E-state index contributed by atoms with van der Waals surface area (Å²) < 4.78 is 10.4. The SMILES string of the molecule is COc1ccc(NC(=O)NCc2nc(-c3ccncc3)n[nH]2)c(OC)c1. The van der Waals surface area contributed by atoms with Gasteiger partial charge in [0.2, 0.25) is 0 Å². The third-order valence-corrected chi connectivity index (χ3v) is 3.54. The van der Waals surface area contributed by atoms with Crippen molar-refractivity contribution >= 4 is 11.7 Å². The summed E-state index contributed by atoms with van der Waals surface area (Å²) in [7, 11) is 3.08. The molecule has 0 aliphatic heterocycles. The molecule has 3 N–H and O–H groups in total. The van der Waals surface area contributed by atoms with E-state index in [0.717, 1.165) is 5.56 Å². The molecule has 0 aliphatic rings. The number of H-pyrrole nitrogens is 1. The number of urea groups is 1. The lowest BCUT2D eigenvalue weighted by molar-refractivity contribution is 0.251. The van der Waals surface area contributed by atoms with Crippen LogP contribution in [0.15, 0.2) is 42.7 Å². The average Bonchev–Trinajstić information content (AvgIpc) is 3.16. The van der Waals surface area contributed by atoms with Gasteiger partial charge in [-0.25, -0.2) is 9.78 Å². The van der Waals surface area contributed by atoms with Crippen LogP contribution in [0.5, 0.6) is 11.5 Å². The van der Waals surface area contributed by atoms with Gasteiger partial charge in [-0.05, 0) is 24.3 Å². The minimum atomic E-state index is -0.393. The molecule has 2 aromatic heterocycles. The zero-order valence-electron chi connectivity index (χ0n) is 14.3. The molecule has 2 heterocycles. The molecule has 1 aromatic carbocycles. The number of carbonyl (C=O) groups excluding carboxylic acids is 1. The molecule has 0 unspecified atom stereocenters. The molecule has 9 nitrogen and oxygen atoms in total. The van der Waals surface area contributed by atoms with Gasteiger partial charge < -0.3 is 20.1 Å². The van der Waals surface area contributed by atoms with Gasteiger partial charge in [0.25, 0.3) is 0 Å². The zero-order valence-corrected chi connectivity index (χ0v) is 14.3. The molecular formula is C17H18N6O3. The third-order valence-electron chi connectivity index (χ3n) is 3.54. The monoisotopic (exact) mass is 354 g/mol. The number of nitrogens with zero attached hydrogens (tertiary/aromatic N) is 3. The Kier molecular flexibility index (Phi) is 5.28. The maximum atomic E-state index is 12.1. The first kappa shape index (κ1) is 17.2. The highest BCUT2D eigenvalue weighted by atomic mass is 16.5. The van der Waals surface area contributed by atoms with E-state index in [2.05, 4.69) is 30.8 Å². The summed E-state index contributed by atoms with van der Waals surface area (Å²) in [5, 5.41) is 12.4. The summed E-state index contributed by atoms with van der Waals surface area (Å²) in [5.41, 5.74) is 1.37. The molecule has 0 atom stereocenters. The fourth-order valence-corrected chi connectivity index (χ4v) is 2.24. The van der Waals surface area contributed by atoms with E-state index in [1.54, 1.807) is 37.7 Å². The number of methoxy groups -OCH3 is 2. The standard InChI is InChI=1S/C17H18N6O3/c1-25-12-3-4-13(14(9-12)26-2)20-17(24)19-10-15-21-16(23-22-15)11-5-7-18-8-6-11/h3-9H,10H2,1-2H3,(H2,19,20,24)(H,21,22,23). The molecule has 0 aliphatic carbocycles. The van der Waals surface area contributed by atoms with Crippen molar-refractivity contribution in [1.82, 2.24) is 25.5 Å². The number of aromatic nitrogens is 4. The van der Waals surface area contributed by atoms with Gasteiger partial charge in [0.15, 0.2) is 5.82 Å². The molecule has 0 saturated carbocycles. The van der Waals surface area contributed by atoms with Crippen molar-refractivity contribution in [2.45, 2.75) is 6.54 Å². The highest BCUT2D eigenvalue weighted by Crippen LogP contribution is 2.28. The minimum absolute atomic E-state index is 0.197. The molecule has 0 saturated heterocycles. The Hall–Kier alpha value is -3.62. The second-order valence-corrected chi connectivity index (χ2v) is 5.22. The number of amides is 2. The van der Waals surface area contributed by atoms with Crippen LogP contribution in [-0.4, -0.2) is 40.4 Å². The van der Waals surface area contributed by atoms with Crippen LogP contribution >= 0.6 is 0 Å². The smallest absolute Gasteiger partial charge is 0.319 e. The zero-order chi connectivity index (χ0) is 18.4. The van der Waals surface area contributed by atoms with Gasteiger partial charge in [-0.3, -0.25) is 10.1 Å². The lowest BCUT2D eigenvalue weighted by Gasteiger charge is -2.11. The van der Waals surface area contributed by atoms with Crippen LogP contribution in [0.4, 0.5) is 10.5 Å². The van der Waals surface area contributed by atoms with Crippen LogP contribution in [0, 0.1) is 0 Å². The van der Waals surface area contributed by atoms with Gasteiger partial charge in [0.05, 0.1) is 26.5 Å². The Morgan fingerprint density at radius 2 is 1.96 bits per heavy atom. The number of pyridine rings is 1. The number of carbonyl (C=O) groups is 1. The van der Waals surface area contributed by atoms with Crippen LogP contribution in [0.1, 0.15) is 5.82 Å². The first-order valence-electron chi connectivity index (χ1n) is 7.78. The molecule has 0 radical (unpaired) electrons. The Morgan fingerprint density at radius 3 is 2.69 bits per heavy atom. The third kappa shape index (κ3) is 4.07. The molecule has 3 rings (SSSR count). The predicted octanol–water partition coefficient (Wildman–Crippen LogP) is 2.21. The highest BCUT2D eigenvalue weighted by molar-refractivity contribution is 5.91.